The van der Waals surface area contributed by atoms with Crippen LogP contribution in [0.25, 0.3) is 0 Å². The average molecular weight is 226 g/mol. The van der Waals surface area contributed by atoms with Crippen LogP contribution in [0.5, 0.6) is 0 Å². The van der Waals surface area contributed by atoms with Crippen molar-refractivity contribution < 1.29 is 9.15 Å². The van der Waals surface area contributed by atoms with Crippen molar-refractivity contribution in [1.82, 2.24) is 10.2 Å². The summed E-state index contributed by atoms with van der Waals surface area (Å²) in [6.07, 6.45) is 1.71. The lowest BCUT2D eigenvalue weighted by Crippen LogP contribution is -2.30. The van der Waals surface area contributed by atoms with Crippen molar-refractivity contribution in [2.75, 3.05) is 39.9 Å². The van der Waals surface area contributed by atoms with Gasteiger partial charge in [-0.1, -0.05) is 0 Å². The number of nitrogens with one attached hydrogen (secondary N) is 1. The summed E-state index contributed by atoms with van der Waals surface area (Å²) in [5, 5.41) is 3.33. The van der Waals surface area contributed by atoms with Crippen LogP contribution in [0.1, 0.15) is 12.7 Å². The van der Waals surface area contributed by atoms with Crippen molar-refractivity contribution in [3.8, 4) is 0 Å². The van der Waals surface area contributed by atoms with Crippen molar-refractivity contribution in [3.63, 3.8) is 0 Å². The molecule has 0 saturated heterocycles. The van der Waals surface area contributed by atoms with Gasteiger partial charge in [-0.2, -0.15) is 0 Å². The van der Waals surface area contributed by atoms with E-state index in [1.807, 2.05) is 19.1 Å². The molecule has 1 N–H and O–H groups in total. The van der Waals surface area contributed by atoms with E-state index in [1.54, 1.807) is 6.26 Å². The molecule has 4 nitrogen and oxygen atoms in total. The molecular weight excluding hydrogens is 204 g/mol. The van der Waals surface area contributed by atoms with Gasteiger partial charge in [0, 0.05) is 26.2 Å². The molecule has 1 heterocycles. The Kier molecular flexibility index (Phi) is 6.88. The van der Waals surface area contributed by atoms with Crippen LogP contribution in [-0.4, -0.2) is 44.8 Å². The minimum absolute atomic E-state index is 0.790. The fourth-order valence-corrected chi connectivity index (χ4v) is 1.43. The van der Waals surface area contributed by atoms with Gasteiger partial charge < -0.3 is 14.5 Å². The molecule has 0 aliphatic carbocycles. The molecular formula is C12H22N2O2. The van der Waals surface area contributed by atoms with Crippen molar-refractivity contribution >= 4 is 0 Å². The van der Waals surface area contributed by atoms with E-state index in [0.717, 1.165) is 45.2 Å². The van der Waals surface area contributed by atoms with Crippen LogP contribution in [0.2, 0.25) is 0 Å². The molecule has 16 heavy (non-hydrogen) atoms. The summed E-state index contributed by atoms with van der Waals surface area (Å²) in [5.41, 5.74) is 0. The van der Waals surface area contributed by atoms with E-state index in [9.17, 15) is 0 Å². The molecule has 1 rings (SSSR count). The first-order chi connectivity index (χ1) is 7.83. The first-order valence-corrected chi connectivity index (χ1v) is 5.82. The summed E-state index contributed by atoms with van der Waals surface area (Å²) in [6, 6.07) is 3.92. The molecule has 0 spiro atoms. The molecule has 0 aliphatic rings. The van der Waals surface area contributed by atoms with Gasteiger partial charge in [0.1, 0.15) is 5.76 Å². The largest absolute Gasteiger partial charge is 0.468 e. The zero-order chi connectivity index (χ0) is 11.6. The third-order valence-electron chi connectivity index (χ3n) is 2.30. The summed E-state index contributed by atoms with van der Waals surface area (Å²) in [4.78, 5) is 2.23. The highest BCUT2D eigenvalue weighted by atomic mass is 16.5. The minimum atomic E-state index is 0.790. The summed E-state index contributed by atoms with van der Waals surface area (Å²) < 4.78 is 10.5. The van der Waals surface area contributed by atoms with Crippen LogP contribution >= 0.6 is 0 Å². The first-order valence-electron chi connectivity index (χ1n) is 5.82. The summed E-state index contributed by atoms with van der Waals surface area (Å²) >= 11 is 0. The Bertz CT molecular complexity index is 250. The van der Waals surface area contributed by atoms with Gasteiger partial charge in [-0.25, -0.2) is 0 Å². The standard InChI is InChI=1S/C12H22N2O2/c1-3-15-10-7-13-6-8-14(2)11-12-5-4-9-16-12/h4-5,9,13H,3,6-8,10-11H2,1-2H3. The van der Waals surface area contributed by atoms with E-state index in [4.69, 9.17) is 9.15 Å². The molecule has 0 atom stereocenters. The molecule has 92 valence electrons. The van der Waals surface area contributed by atoms with Crippen LogP contribution in [0.15, 0.2) is 22.8 Å². The predicted octanol–water partition coefficient (Wildman–Crippen LogP) is 1.34. The predicted molar refractivity (Wildman–Crippen MR) is 64.4 cm³/mol. The lowest BCUT2D eigenvalue weighted by atomic mass is 10.4. The molecule has 1 aromatic heterocycles. The molecule has 0 aromatic carbocycles. The monoisotopic (exact) mass is 226 g/mol. The second-order valence-electron chi connectivity index (χ2n) is 3.76. The van der Waals surface area contributed by atoms with Crippen LogP contribution in [-0.2, 0) is 11.3 Å². The maximum absolute atomic E-state index is 5.28. The Balaban J connectivity index is 1.96. The van der Waals surface area contributed by atoms with Gasteiger partial charge in [-0.3, -0.25) is 4.90 Å². The molecule has 0 aliphatic heterocycles. The third-order valence-corrected chi connectivity index (χ3v) is 2.30. The fraction of sp³-hybridized carbons (Fsp3) is 0.667. The smallest absolute Gasteiger partial charge is 0.117 e. The fourth-order valence-electron chi connectivity index (χ4n) is 1.43. The first kappa shape index (κ1) is 13.2. The van der Waals surface area contributed by atoms with Crippen LogP contribution in [0.4, 0.5) is 0 Å². The third kappa shape index (κ3) is 5.90. The van der Waals surface area contributed by atoms with Gasteiger partial charge in [0.05, 0.1) is 19.4 Å². The van der Waals surface area contributed by atoms with E-state index < -0.39 is 0 Å². The van der Waals surface area contributed by atoms with Gasteiger partial charge in [0.25, 0.3) is 0 Å². The van der Waals surface area contributed by atoms with Gasteiger partial charge in [-0.15, -0.1) is 0 Å². The normalized spacial score (nSPS) is 11.2. The van der Waals surface area contributed by atoms with Gasteiger partial charge in [0.15, 0.2) is 0 Å². The number of hydrogen-bond acceptors (Lipinski definition) is 4. The summed E-state index contributed by atoms with van der Waals surface area (Å²) in [6.45, 7) is 7.36. The second-order valence-corrected chi connectivity index (χ2v) is 3.76. The van der Waals surface area contributed by atoms with Gasteiger partial charge >= 0.3 is 0 Å². The SMILES string of the molecule is CCOCCNCCN(C)Cc1ccco1. The Morgan fingerprint density at radius 1 is 1.44 bits per heavy atom. The Morgan fingerprint density at radius 2 is 2.31 bits per heavy atom. The van der Waals surface area contributed by atoms with E-state index in [2.05, 4.69) is 17.3 Å². The van der Waals surface area contributed by atoms with E-state index >= 15 is 0 Å². The molecule has 0 amide bonds. The number of furan rings is 1. The van der Waals surface area contributed by atoms with Gasteiger partial charge in [-0.05, 0) is 26.1 Å². The van der Waals surface area contributed by atoms with Crippen molar-refractivity contribution in [1.29, 1.82) is 0 Å². The van der Waals surface area contributed by atoms with Crippen molar-refractivity contribution in [2.45, 2.75) is 13.5 Å². The van der Waals surface area contributed by atoms with Crippen LogP contribution in [0, 0.1) is 0 Å². The lowest BCUT2D eigenvalue weighted by Gasteiger charge is -2.15. The average Bonchev–Trinajstić information content (AvgIpc) is 2.76. The summed E-state index contributed by atoms with van der Waals surface area (Å²) in [5.74, 6) is 1.01. The highest BCUT2D eigenvalue weighted by Gasteiger charge is 2.01. The summed E-state index contributed by atoms with van der Waals surface area (Å²) in [7, 11) is 2.09. The molecule has 0 saturated carbocycles. The van der Waals surface area contributed by atoms with Crippen LogP contribution < -0.4 is 5.32 Å². The zero-order valence-corrected chi connectivity index (χ0v) is 10.2. The molecule has 0 fully saturated rings. The minimum Gasteiger partial charge on any atom is -0.468 e. The molecule has 4 heteroatoms. The topological polar surface area (TPSA) is 37.6 Å². The Morgan fingerprint density at radius 3 is 3.00 bits per heavy atom. The Labute approximate surface area is 97.6 Å². The molecule has 0 unspecified atom stereocenters. The molecule has 1 aromatic rings. The number of rotatable bonds is 9. The van der Waals surface area contributed by atoms with Crippen molar-refractivity contribution in [2.24, 2.45) is 0 Å². The van der Waals surface area contributed by atoms with E-state index in [1.165, 1.54) is 0 Å². The Hall–Kier alpha value is -0.840. The van der Waals surface area contributed by atoms with Crippen molar-refractivity contribution in [3.05, 3.63) is 24.2 Å². The van der Waals surface area contributed by atoms with E-state index in [0.29, 0.717) is 0 Å². The highest BCUT2D eigenvalue weighted by Crippen LogP contribution is 2.02. The molecule has 0 radical (unpaired) electrons. The van der Waals surface area contributed by atoms with Crippen LogP contribution in [0.3, 0.4) is 0 Å². The van der Waals surface area contributed by atoms with Gasteiger partial charge in [0.2, 0.25) is 0 Å². The van der Waals surface area contributed by atoms with E-state index in [-0.39, 0.29) is 0 Å². The highest BCUT2D eigenvalue weighted by molar-refractivity contribution is 4.97. The number of nitrogens with zero attached hydrogens (tertiary/aromatic N) is 1. The maximum atomic E-state index is 5.28. The number of ether oxygens (including phenoxy) is 1. The quantitative estimate of drug-likeness (QED) is 0.645. The lowest BCUT2D eigenvalue weighted by molar-refractivity contribution is 0.148. The molecule has 0 bridgehead atoms. The zero-order valence-electron chi connectivity index (χ0n) is 10.2. The maximum Gasteiger partial charge on any atom is 0.117 e. The number of likely N-dealkylation sites (N-methyl/N-ethyl adjacent to an activating group) is 1. The number of hydrogen-bond donors (Lipinski definition) is 1. The second kappa shape index (κ2) is 8.33.